The largest absolute Gasteiger partial charge is 0.0654 e. The lowest BCUT2D eigenvalue weighted by molar-refractivity contribution is 0.114. The average molecular weight is 431 g/mol. The van der Waals surface area contributed by atoms with Gasteiger partial charge in [-0.15, -0.1) is 0 Å². The third kappa shape index (κ3) is 8.07. The summed E-state index contributed by atoms with van der Waals surface area (Å²) < 4.78 is 0. The van der Waals surface area contributed by atoms with E-state index in [4.69, 9.17) is 0 Å². The Hall–Kier alpha value is 0. The minimum absolute atomic E-state index is 0.975. The van der Waals surface area contributed by atoms with Crippen LogP contribution in [0.3, 0.4) is 0 Å². The van der Waals surface area contributed by atoms with E-state index in [0.717, 1.165) is 47.3 Å². The molecule has 0 aromatic rings. The van der Waals surface area contributed by atoms with Crippen molar-refractivity contribution in [3.05, 3.63) is 0 Å². The zero-order valence-electron chi connectivity index (χ0n) is 22.1. The molecule has 0 heterocycles. The van der Waals surface area contributed by atoms with Gasteiger partial charge in [0.1, 0.15) is 0 Å². The first-order valence-electron chi connectivity index (χ1n) is 15.1. The van der Waals surface area contributed by atoms with Crippen LogP contribution in [-0.2, 0) is 0 Å². The van der Waals surface area contributed by atoms with Gasteiger partial charge in [-0.1, -0.05) is 118 Å². The first-order chi connectivity index (χ1) is 15.1. The van der Waals surface area contributed by atoms with Gasteiger partial charge in [-0.2, -0.15) is 0 Å². The molecule has 0 amide bonds. The molecule has 182 valence electrons. The van der Waals surface area contributed by atoms with E-state index in [2.05, 4.69) is 27.7 Å². The molecular formula is C31H58. The van der Waals surface area contributed by atoms with Crippen LogP contribution < -0.4 is 0 Å². The fourth-order valence-electron chi connectivity index (χ4n) is 8.29. The first kappa shape index (κ1) is 25.6. The molecule has 0 bridgehead atoms. The van der Waals surface area contributed by atoms with E-state index in [9.17, 15) is 0 Å². The predicted octanol–water partition coefficient (Wildman–Crippen LogP) is 10.4. The van der Waals surface area contributed by atoms with Gasteiger partial charge >= 0.3 is 0 Å². The minimum Gasteiger partial charge on any atom is -0.0654 e. The quantitative estimate of drug-likeness (QED) is 0.376. The van der Waals surface area contributed by atoms with Crippen molar-refractivity contribution in [3.63, 3.8) is 0 Å². The molecule has 0 N–H and O–H groups in total. The zero-order valence-corrected chi connectivity index (χ0v) is 22.1. The summed E-state index contributed by atoms with van der Waals surface area (Å²) in [5, 5.41) is 0. The Balaban J connectivity index is 1.45. The van der Waals surface area contributed by atoms with Crippen LogP contribution in [0, 0.1) is 47.3 Å². The minimum atomic E-state index is 0.975. The second-order valence-electron chi connectivity index (χ2n) is 12.6. The molecule has 0 spiro atoms. The maximum atomic E-state index is 2.63. The molecule has 0 saturated heterocycles. The lowest BCUT2D eigenvalue weighted by Crippen LogP contribution is -2.29. The van der Waals surface area contributed by atoms with E-state index in [-0.39, 0.29) is 0 Å². The highest BCUT2D eigenvalue weighted by Crippen LogP contribution is 2.45. The topological polar surface area (TPSA) is 0 Å². The summed E-state index contributed by atoms with van der Waals surface area (Å²) in [5.41, 5.74) is 0. The first-order valence-corrected chi connectivity index (χ1v) is 15.1. The monoisotopic (exact) mass is 430 g/mol. The van der Waals surface area contributed by atoms with Crippen LogP contribution in [0.15, 0.2) is 0 Å². The van der Waals surface area contributed by atoms with Gasteiger partial charge in [-0.3, -0.25) is 0 Å². The van der Waals surface area contributed by atoms with Gasteiger partial charge < -0.3 is 0 Å². The Morgan fingerprint density at radius 2 is 1.10 bits per heavy atom. The van der Waals surface area contributed by atoms with E-state index < -0.39 is 0 Å². The van der Waals surface area contributed by atoms with E-state index in [0.29, 0.717) is 0 Å². The van der Waals surface area contributed by atoms with Crippen LogP contribution in [0.1, 0.15) is 150 Å². The highest BCUT2D eigenvalue weighted by molar-refractivity contribution is 4.84. The van der Waals surface area contributed by atoms with Crippen LogP contribution in [0.2, 0.25) is 0 Å². The Bertz CT molecular complexity index is 451. The fraction of sp³-hybridized carbons (Fsp3) is 1.00. The SMILES string of the molecule is CCCC1CCC(CC2CCC(C3CCC(CC)CC(CC)CCCC3C)CC2)CC1. The van der Waals surface area contributed by atoms with Crippen molar-refractivity contribution in [3.8, 4) is 0 Å². The lowest BCUT2D eigenvalue weighted by atomic mass is 9.66. The second kappa shape index (κ2) is 13.6. The van der Waals surface area contributed by atoms with Crippen molar-refractivity contribution >= 4 is 0 Å². The van der Waals surface area contributed by atoms with Gasteiger partial charge in [0.2, 0.25) is 0 Å². The number of rotatable bonds is 7. The normalized spacial score (nSPS) is 41.0. The molecule has 0 aliphatic heterocycles. The summed E-state index contributed by atoms with van der Waals surface area (Å²) in [5.74, 6) is 8.34. The van der Waals surface area contributed by atoms with Gasteiger partial charge in [-0.25, -0.2) is 0 Å². The van der Waals surface area contributed by atoms with Crippen molar-refractivity contribution in [1.29, 1.82) is 0 Å². The summed E-state index contributed by atoms with van der Waals surface area (Å²) in [6.45, 7) is 9.90. The van der Waals surface area contributed by atoms with E-state index in [1.165, 1.54) is 57.8 Å². The molecule has 3 aliphatic rings. The van der Waals surface area contributed by atoms with Gasteiger partial charge in [0.05, 0.1) is 0 Å². The molecule has 4 unspecified atom stereocenters. The van der Waals surface area contributed by atoms with Crippen molar-refractivity contribution in [2.45, 2.75) is 150 Å². The Labute approximate surface area is 197 Å². The maximum absolute atomic E-state index is 2.63. The van der Waals surface area contributed by atoms with Crippen molar-refractivity contribution < 1.29 is 0 Å². The summed E-state index contributed by atoms with van der Waals surface area (Å²) in [7, 11) is 0. The number of hydrogen-bond acceptors (Lipinski definition) is 0. The van der Waals surface area contributed by atoms with E-state index >= 15 is 0 Å². The zero-order chi connectivity index (χ0) is 22.1. The Kier molecular flexibility index (Phi) is 11.3. The van der Waals surface area contributed by atoms with Crippen molar-refractivity contribution in [2.24, 2.45) is 47.3 Å². The second-order valence-corrected chi connectivity index (χ2v) is 12.6. The molecule has 3 saturated carbocycles. The standard InChI is InChI=1S/C31H58/c1-5-9-27-12-14-28(15-13-27)23-29-16-19-30(20-17-29)31-21-18-26(7-3)22-25(6-2)11-8-10-24(31)4/h24-31H,5-23H2,1-4H3. The van der Waals surface area contributed by atoms with Crippen LogP contribution in [-0.4, -0.2) is 0 Å². The smallest absolute Gasteiger partial charge is 0.0360 e. The molecule has 0 nitrogen and oxygen atoms in total. The third-order valence-electron chi connectivity index (χ3n) is 10.6. The van der Waals surface area contributed by atoms with Crippen molar-refractivity contribution in [2.75, 3.05) is 0 Å². The average Bonchev–Trinajstić information content (AvgIpc) is 2.79. The predicted molar refractivity (Wildman–Crippen MR) is 138 cm³/mol. The Morgan fingerprint density at radius 3 is 1.71 bits per heavy atom. The summed E-state index contributed by atoms with van der Waals surface area (Å²) >= 11 is 0. The fourth-order valence-corrected chi connectivity index (χ4v) is 8.29. The van der Waals surface area contributed by atoms with Crippen LogP contribution in [0.4, 0.5) is 0 Å². The Morgan fingerprint density at radius 1 is 0.548 bits per heavy atom. The van der Waals surface area contributed by atoms with Crippen LogP contribution in [0.5, 0.6) is 0 Å². The lowest BCUT2D eigenvalue weighted by Gasteiger charge is -2.40. The highest BCUT2D eigenvalue weighted by atomic mass is 14.4. The molecule has 3 aliphatic carbocycles. The highest BCUT2D eigenvalue weighted by Gasteiger charge is 2.33. The molecule has 0 aromatic carbocycles. The molecule has 3 rings (SSSR count). The molecule has 4 atom stereocenters. The molecule has 0 aromatic heterocycles. The maximum Gasteiger partial charge on any atom is -0.0360 e. The molecular weight excluding hydrogens is 372 g/mol. The summed E-state index contributed by atoms with van der Waals surface area (Å²) in [6.07, 6.45) is 28.9. The van der Waals surface area contributed by atoms with Crippen LogP contribution >= 0.6 is 0 Å². The van der Waals surface area contributed by atoms with Crippen LogP contribution in [0.25, 0.3) is 0 Å². The molecule has 0 heteroatoms. The third-order valence-corrected chi connectivity index (χ3v) is 10.6. The molecule has 31 heavy (non-hydrogen) atoms. The van der Waals surface area contributed by atoms with Gasteiger partial charge in [0.25, 0.3) is 0 Å². The van der Waals surface area contributed by atoms with E-state index in [1.54, 1.807) is 64.2 Å². The number of hydrogen-bond donors (Lipinski definition) is 0. The van der Waals surface area contributed by atoms with Gasteiger partial charge in [0, 0.05) is 0 Å². The summed E-state index contributed by atoms with van der Waals surface area (Å²) in [6, 6.07) is 0. The van der Waals surface area contributed by atoms with Gasteiger partial charge in [-0.05, 0) is 79.4 Å². The van der Waals surface area contributed by atoms with Gasteiger partial charge in [0.15, 0.2) is 0 Å². The molecule has 3 fully saturated rings. The van der Waals surface area contributed by atoms with Crippen molar-refractivity contribution in [1.82, 2.24) is 0 Å². The summed E-state index contributed by atoms with van der Waals surface area (Å²) in [4.78, 5) is 0. The molecule has 0 radical (unpaired) electrons. The van der Waals surface area contributed by atoms with E-state index in [1.807, 2.05) is 0 Å².